The molecule has 0 radical (unpaired) electrons. The third kappa shape index (κ3) is 4.15. The highest BCUT2D eigenvalue weighted by molar-refractivity contribution is 5.95. The average Bonchev–Trinajstić information content (AvgIpc) is 2.34. The summed E-state index contributed by atoms with van der Waals surface area (Å²) in [6.45, 7) is 4.06. The number of nitrogens with one attached hydrogen (secondary N) is 1. The second-order valence-electron chi connectivity index (χ2n) is 4.45. The number of halogens is 3. The van der Waals surface area contributed by atoms with Gasteiger partial charge in [-0.2, -0.15) is 13.2 Å². The molecule has 0 aliphatic carbocycles. The van der Waals surface area contributed by atoms with Crippen LogP contribution in [0.15, 0.2) is 18.2 Å². The first-order chi connectivity index (χ1) is 8.75. The summed E-state index contributed by atoms with van der Waals surface area (Å²) in [5.74, 6) is -0.453. The predicted molar refractivity (Wildman–Crippen MR) is 67.4 cm³/mol. The lowest BCUT2D eigenvalue weighted by molar-refractivity contribution is -0.139. The maximum absolute atomic E-state index is 12.9. The fourth-order valence-corrected chi connectivity index (χ4v) is 1.39. The molecule has 1 atom stereocenters. The minimum atomic E-state index is -4.53. The number of nitrogens with two attached hydrogens (primary N) is 1. The van der Waals surface area contributed by atoms with E-state index in [1.807, 2.05) is 13.8 Å². The van der Waals surface area contributed by atoms with Crippen LogP contribution in [0.2, 0.25) is 0 Å². The molecule has 0 saturated carbocycles. The van der Waals surface area contributed by atoms with Gasteiger partial charge in [0.2, 0.25) is 0 Å². The lowest BCUT2D eigenvalue weighted by Gasteiger charge is -2.17. The zero-order valence-corrected chi connectivity index (χ0v) is 10.8. The molecule has 1 rings (SSSR count). The molecule has 0 spiro atoms. The second kappa shape index (κ2) is 5.95. The minimum absolute atomic E-state index is 0.0308. The van der Waals surface area contributed by atoms with Crippen molar-refractivity contribution in [3.63, 3.8) is 0 Å². The van der Waals surface area contributed by atoms with E-state index in [4.69, 9.17) is 15.9 Å². The molecule has 0 aliphatic rings. The van der Waals surface area contributed by atoms with Crippen LogP contribution in [0, 0.1) is 11.3 Å². The number of benzene rings is 1. The highest BCUT2D eigenvalue weighted by atomic mass is 19.4. The van der Waals surface area contributed by atoms with Crippen molar-refractivity contribution in [2.75, 3.05) is 6.61 Å². The number of hydrogen-bond donors (Lipinski definition) is 2. The quantitative estimate of drug-likeness (QED) is 0.638. The Hall–Kier alpha value is -1.72. The largest absolute Gasteiger partial charge is 0.493 e. The van der Waals surface area contributed by atoms with Gasteiger partial charge in [0.1, 0.15) is 11.6 Å². The Balaban J connectivity index is 3.06. The van der Waals surface area contributed by atoms with Crippen molar-refractivity contribution in [1.29, 1.82) is 5.41 Å². The van der Waals surface area contributed by atoms with Gasteiger partial charge in [-0.1, -0.05) is 20.3 Å². The Labute approximate surface area is 110 Å². The van der Waals surface area contributed by atoms with Crippen LogP contribution in [0.3, 0.4) is 0 Å². The van der Waals surface area contributed by atoms with Crippen molar-refractivity contribution in [2.24, 2.45) is 11.7 Å². The number of rotatable bonds is 5. The summed E-state index contributed by atoms with van der Waals surface area (Å²) in [7, 11) is 0. The van der Waals surface area contributed by atoms with E-state index in [9.17, 15) is 13.2 Å². The number of nitrogen functional groups attached to an aromatic ring is 1. The van der Waals surface area contributed by atoms with E-state index in [1.54, 1.807) is 0 Å². The van der Waals surface area contributed by atoms with E-state index in [2.05, 4.69) is 0 Å². The van der Waals surface area contributed by atoms with Crippen LogP contribution in [0.1, 0.15) is 31.4 Å². The van der Waals surface area contributed by atoms with Crippen LogP contribution in [0.25, 0.3) is 0 Å². The van der Waals surface area contributed by atoms with Gasteiger partial charge in [-0.15, -0.1) is 0 Å². The van der Waals surface area contributed by atoms with Gasteiger partial charge in [-0.25, -0.2) is 0 Å². The standard InChI is InChI=1S/C13H17F3N2O/c1-3-8(2)7-19-11-5-4-9(12(17)18)6-10(11)13(14,15)16/h4-6,8H,3,7H2,1-2H3,(H3,17,18). The molecule has 0 amide bonds. The summed E-state index contributed by atoms with van der Waals surface area (Å²) < 4.78 is 43.9. The van der Waals surface area contributed by atoms with Crippen molar-refractivity contribution in [3.05, 3.63) is 29.3 Å². The number of alkyl halides is 3. The molecule has 19 heavy (non-hydrogen) atoms. The Bertz CT molecular complexity index is 458. The van der Waals surface area contributed by atoms with Gasteiger partial charge in [-0.05, 0) is 24.1 Å². The third-order valence-electron chi connectivity index (χ3n) is 2.82. The second-order valence-corrected chi connectivity index (χ2v) is 4.45. The van der Waals surface area contributed by atoms with Crippen LogP contribution < -0.4 is 10.5 Å². The predicted octanol–water partition coefficient (Wildman–Crippen LogP) is 3.41. The van der Waals surface area contributed by atoms with Crippen LogP contribution in [0.4, 0.5) is 13.2 Å². The van der Waals surface area contributed by atoms with E-state index >= 15 is 0 Å². The fraction of sp³-hybridized carbons (Fsp3) is 0.462. The molecule has 1 aromatic rings. The van der Waals surface area contributed by atoms with Crippen LogP contribution in [0.5, 0.6) is 5.75 Å². The van der Waals surface area contributed by atoms with Crippen LogP contribution in [-0.4, -0.2) is 12.4 Å². The molecule has 3 nitrogen and oxygen atoms in total. The smallest absolute Gasteiger partial charge is 0.419 e. The van der Waals surface area contributed by atoms with Crippen molar-refractivity contribution in [3.8, 4) is 5.75 Å². The maximum atomic E-state index is 12.9. The molecule has 6 heteroatoms. The van der Waals surface area contributed by atoms with Crippen molar-refractivity contribution in [1.82, 2.24) is 0 Å². The van der Waals surface area contributed by atoms with Crippen molar-refractivity contribution in [2.45, 2.75) is 26.4 Å². The zero-order chi connectivity index (χ0) is 14.6. The monoisotopic (exact) mass is 274 g/mol. The molecule has 1 aromatic carbocycles. The first-order valence-corrected chi connectivity index (χ1v) is 5.94. The summed E-state index contributed by atoms with van der Waals surface area (Å²) in [4.78, 5) is 0. The van der Waals surface area contributed by atoms with E-state index in [0.29, 0.717) is 0 Å². The van der Waals surface area contributed by atoms with Crippen molar-refractivity contribution < 1.29 is 17.9 Å². The van der Waals surface area contributed by atoms with E-state index in [-0.39, 0.29) is 23.8 Å². The maximum Gasteiger partial charge on any atom is 0.419 e. The molecule has 0 aliphatic heterocycles. The molecule has 0 fully saturated rings. The van der Waals surface area contributed by atoms with Crippen LogP contribution >= 0.6 is 0 Å². The highest BCUT2D eigenvalue weighted by Crippen LogP contribution is 2.37. The third-order valence-corrected chi connectivity index (χ3v) is 2.82. The van der Waals surface area contributed by atoms with Gasteiger partial charge >= 0.3 is 6.18 Å². The number of hydrogen-bond acceptors (Lipinski definition) is 2. The Morgan fingerprint density at radius 2 is 2.05 bits per heavy atom. The summed E-state index contributed by atoms with van der Waals surface area (Å²) in [6.07, 6.45) is -3.71. The summed E-state index contributed by atoms with van der Waals surface area (Å²) in [5.41, 5.74) is 4.33. The number of amidine groups is 1. The summed E-state index contributed by atoms with van der Waals surface area (Å²) in [6, 6.07) is 3.40. The van der Waals surface area contributed by atoms with Gasteiger partial charge in [0, 0.05) is 5.56 Å². The lowest BCUT2D eigenvalue weighted by atomic mass is 10.1. The summed E-state index contributed by atoms with van der Waals surface area (Å²) >= 11 is 0. The number of ether oxygens (including phenoxy) is 1. The Morgan fingerprint density at radius 3 is 2.53 bits per heavy atom. The fourth-order valence-electron chi connectivity index (χ4n) is 1.39. The normalized spacial score (nSPS) is 13.1. The zero-order valence-electron chi connectivity index (χ0n) is 10.8. The van der Waals surface area contributed by atoms with E-state index in [1.165, 1.54) is 12.1 Å². The molecule has 0 saturated heterocycles. The van der Waals surface area contributed by atoms with Crippen LogP contribution in [-0.2, 0) is 6.18 Å². The topological polar surface area (TPSA) is 59.1 Å². The molecule has 3 N–H and O–H groups in total. The molecule has 106 valence electrons. The Kier molecular flexibility index (Phi) is 4.80. The van der Waals surface area contributed by atoms with Gasteiger partial charge in [0.15, 0.2) is 0 Å². The Morgan fingerprint density at radius 1 is 1.42 bits per heavy atom. The molecular weight excluding hydrogens is 257 g/mol. The first-order valence-electron chi connectivity index (χ1n) is 5.94. The molecule has 1 unspecified atom stereocenters. The summed E-state index contributed by atoms with van der Waals surface area (Å²) in [5, 5.41) is 7.18. The van der Waals surface area contributed by atoms with Gasteiger partial charge in [-0.3, -0.25) is 5.41 Å². The molecular formula is C13H17F3N2O. The van der Waals surface area contributed by atoms with Gasteiger partial charge in [0.05, 0.1) is 12.2 Å². The lowest BCUT2D eigenvalue weighted by Crippen LogP contribution is -2.16. The van der Waals surface area contributed by atoms with Crippen molar-refractivity contribution >= 4 is 5.84 Å². The molecule has 0 heterocycles. The van der Waals surface area contributed by atoms with E-state index < -0.39 is 17.6 Å². The van der Waals surface area contributed by atoms with Gasteiger partial charge in [0.25, 0.3) is 0 Å². The first kappa shape index (κ1) is 15.3. The van der Waals surface area contributed by atoms with Gasteiger partial charge < -0.3 is 10.5 Å². The SMILES string of the molecule is CCC(C)COc1ccc(C(=N)N)cc1C(F)(F)F. The molecule has 0 bridgehead atoms. The van der Waals surface area contributed by atoms with E-state index in [0.717, 1.165) is 12.5 Å². The molecule has 0 aromatic heterocycles. The minimum Gasteiger partial charge on any atom is -0.493 e. The highest BCUT2D eigenvalue weighted by Gasteiger charge is 2.35. The average molecular weight is 274 g/mol.